The summed E-state index contributed by atoms with van der Waals surface area (Å²) in [7, 11) is -7.66. The lowest BCUT2D eigenvalue weighted by Crippen LogP contribution is -2.42. The first-order valence-electron chi connectivity index (χ1n) is 12.0. The number of sulfonamides is 2. The highest BCUT2D eigenvalue weighted by Gasteiger charge is 2.30. The first-order valence-corrected chi connectivity index (χ1v) is 15.0. The van der Waals surface area contributed by atoms with Crippen molar-refractivity contribution in [3.05, 3.63) is 57.6 Å². The summed E-state index contributed by atoms with van der Waals surface area (Å²) in [6, 6.07) is 5.46. The fourth-order valence-electron chi connectivity index (χ4n) is 4.06. The molecule has 36 heavy (non-hydrogen) atoms. The molecule has 8 nitrogen and oxygen atoms in total. The van der Waals surface area contributed by atoms with Crippen molar-refractivity contribution in [2.45, 2.75) is 83.6 Å². The van der Waals surface area contributed by atoms with Crippen LogP contribution in [0.3, 0.4) is 0 Å². The molecule has 0 aliphatic heterocycles. The van der Waals surface area contributed by atoms with Crippen molar-refractivity contribution in [1.29, 1.82) is 0 Å². The molecule has 0 spiro atoms. The van der Waals surface area contributed by atoms with Crippen LogP contribution in [0.25, 0.3) is 0 Å². The molecule has 0 fully saturated rings. The number of rotatable bonds is 12. The van der Waals surface area contributed by atoms with Crippen molar-refractivity contribution in [2.75, 3.05) is 13.2 Å². The summed E-state index contributed by atoms with van der Waals surface area (Å²) >= 11 is 0. The van der Waals surface area contributed by atoms with E-state index in [2.05, 4.69) is 9.44 Å². The predicted molar refractivity (Wildman–Crippen MR) is 141 cm³/mol. The number of esters is 1. The quantitative estimate of drug-likeness (QED) is 0.313. The van der Waals surface area contributed by atoms with Gasteiger partial charge in [0.15, 0.2) is 0 Å². The van der Waals surface area contributed by atoms with Crippen LogP contribution in [0.4, 0.5) is 0 Å². The minimum Gasteiger partial charge on any atom is -0.465 e. The van der Waals surface area contributed by atoms with Gasteiger partial charge >= 0.3 is 5.97 Å². The van der Waals surface area contributed by atoms with Gasteiger partial charge in [0, 0.05) is 6.54 Å². The first-order chi connectivity index (χ1) is 16.7. The molecule has 0 aliphatic rings. The molecule has 0 radical (unpaired) electrons. The molecule has 2 rings (SSSR count). The number of nitrogens with one attached hydrogen (secondary N) is 2. The maximum absolute atomic E-state index is 13.4. The van der Waals surface area contributed by atoms with Crippen LogP contribution in [0, 0.1) is 41.5 Å². The number of hydrogen-bond acceptors (Lipinski definition) is 6. The van der Waals surface area contributed by atoms with Gasteiger partial charge in [-0.2, -0.15) is 4.72 Å². The van der Waals surface area contributed by atoms with E-state index in [-0.39, 0.29) is 29.4 Å². The van der Waals surface area contributed by atoms with Gasteiger partial charge in [-0.1, -0.05) is 17.7 Å². The molecule has 2 aromatic carbocycles. The van der Waals surface area contributed by atoms with Crippen LogP contribution in [0.5, 0.6) is 0 Å². The summed E-state index contributed by atoms with van der Waals surface area (Å²) in [5.74, 6) is -0.655. The number of carbonyl (C=O) groups excluding carboxylic acids is 1. The van der Waals surface area contributed by atoms with E-state index in [0.717, 1.165) is 22.3 Å². The maximum atomic E-state index is 13.4. The molecular weight excluding hydrogens is 500 g/mol. The van der Waals surface area contributed by atoms with Crippen molar-refractivity contribution >= 4 is 26.0 Å². The minimum absolute atomic E-state index is 0.119. The predicted octanol–water partition coefficient (Wildman–Crippen LogP) is 3.90. The second-order valence-electron chi connectivity index (χ2n) is 9.09. The summed E-state index contributed by atoms with van der Waals surface area (Å²) in [4.78, 5) is 12.9. The molecule has 0 saturated heterocycles. The van der Waals surface area contributed by atoms with Crippen molar-refractivity contribution in [3.63, 3.8) is 0 Å². The van der Waals surface area contributed by atoms with E-state index in [1.54, 1.807) is 45.0 Å². The molecule has 1 atom stereocenters. The average molecular weight is 539 g/mol. The standard InChI is InChI=1S/C26H38N2O6S2/c1-8-34-26(29)24(11-9-10-16-27-35(30,31)23-14-12-17(2)13-15-23)28-36(32,33)25-21(6)19(4)18(3)20(5)22(25)7/h12-15,24,27-28H,8-11,16H2,1-7H3. The summed E-state index contributed by atoms with van der Waals surface area (Å²) in [5.41, 5.74) is 5.09. The van der Waals surface area contributed by atoms with Crippen molar-refractivity contribution < 1.29 is 26.4 Å². The van der Waals surface area contributed by atoms with Gasteiger partial charge in [0.2, 0.25) is 20.0 Å². The lowest BCUT2D eigenvalue weighted by molar-refractivity contribution is -0.145. The van der Waals surface area contributed by atoms with E-state index in [0.29, 0.717) is 24.0 Å². The van der Waals surface area contributed by atoms with Crippen LogP contribution in [-0.2, 0) is 29.6 Å². The Morgan fingerprint density at radius 1 is 0.806 bits per heavy atom. The van der Waals surface area contributed by atoms with E-state index in [1.807, 2.05) is 27.7 Å². The second kappa shape index (κ2) is 12.3. The zero-order chi connectivity index (χ0) is 27.3. The molecular formula is C26H38N2O6S2. The van der Waals surface area contributed by atoms with Crippen LogP contribution in [0.15, 0.2) is 34.1 Å². The van der Waals surface area contributed by atoms with Crippen molar-refractivity contribution in [1.82, 2.24) is 9.44 Å². The topological polar surface area (TPSA) is 119 Å². The van der Waals surface area contributed by atoms with E-state index in [1.165, 1.54) is 0 Å². The second-order valence-corrected chi connectivity index (χ2v) is 12.5. The third kappa shape index (κ3) is 7.15. The van der Waals surface area contributed by atoms with Crippen LogP contribution >= 0.6 is 0 Å². The molecule has 0 bridgehead atoms. The number of benzene rings is 2. The molecule has 0 heterocycles. The largest absolute Gasteiger partial charge is 0.465 e. The van der Waals surface area contributed by atoms with E-state index < -0.39 is 32.1 Å². The Hall–Kier alpha value is -2.27. The van der Waals surface area contributed by atoms with Crippen LogP contribution in [0.1, 0.15) is 59.6 Å². The van der Waals surface area contributed by atoms with Gasteiger partial charge in [0.25, 0.3) is 0 Å². The fraction of sp³-hybridized carbons (Fsp3) is 0.500. The number of aryl methyl sites for hydroxylation is 1. The molecule has 1 unspecified atom stereocenters. The summed E-state index contributed by atoms with van der Waals surface area (Å²) < 4.78 is 61.9. The normalized spacial score (nSPS) is 13.0. The smallest absolute Gasteiger partial charge is 0.324 e. The Morgan fingerprint density at radius 3 is 1.86 bits per heavy atom. The number of carbonyl (C=O) groups is 1. The zero-order valence-corrected chi connectivity index (χ0v) is 23.8. The Labute approximate surface area is 215 Å². The lowest BCUT2D eigenvalue weighted by atomic mass is 9.95. The van der Waals surface area contributed by atoms with Gasteiger partial charge in [0.1, 0.15) is 6.04 Å². The number of hydrogen-bond donors (Lipinski definition) is 2. The zero-order valence-electron chi connectivity index (χ0n) is 22.2. The van der Waals surface area contributed by atoms with E-state index >= 15 is 0 Å². The average Bonchev–Trinajstić information content (AvgIpc) is 2.80. The highest BCUT2D eigenvalue weighted by atomic mass is 32.2. The Morgan fingerprint density at radius 2 is 1.33 bits per heavy atom. The Kier molecular flexibility index (Phi) is 10.2. The molecule has 0 aromatic heterocycles. The SMILES string of the molecule is CCOC(=O)C(CCCCNS(=O)(=O)c1ccc(C)cc1)NS(=O)(=O)c1c(C)c(C)c(C)c(C)c1C. The summed E-state index contributed by atoms with van der Waals surface area (Å²) in [5, 5.41) is 0. The number of unbranched alkanes of at least 4 members (excludes halogenated alkanes) is 1. The molecule has 0 aliphatic carbocycles. The van der Waals surface area contributed by atoms with Crippen LogP contribution in [0.2, 0.25) is 0 Å². The molecule has 0 amide bonds. The van der Waals surface area contributed by atoms with Crippen molar-refractivity contribution in [2.24, 2.45) is 0 Å². The van der Waals surface area contributed by atoms with Crippen LogP contribution < -0.4 is 9.44 Å². The van der Waals surface area contributed by atoms with Gasteiger partial charge in [0.05, 0.1) is 16.4 Å². The summed E-state index contributed by atoms with van der Waals surface area (Å²) in [6.07, 6.45) is 1.00. The first kappa shape index (κ1) is 30.0. The number of ether oxygens (including phenoxy) is 1. The molecule has 200 valence electrons. The van der Waals surface area contributed by atoms with Gasteiger partial charge < -0.3 is 4.74 Å². The highest BCUT2D eigenvalue weighted by Crippen LogP contribution is 2.29. The third-order valence-electron chi connectivity index (χ3n) is 6.61. The van der Waals surface area contributed by atoms with Gasteiger partial charge in [-0.3, -0.25) is 4.79 Å². The maximum Gasteiger partial charge on any atom is 0.324 e. The highest BCUT2D eigenvalue weighted by molar-refractivity contribution is 7.89. The van der Waals surface area contributed by atoms with Gasteiger partial charge in [-0.05, 0) is 108 Å². The summed E-state index contributed by atoms with van der Waals surface area (Å²) in [6.45, 7) is 13.1. The van der Waals surface area contributed by atoms with Crippen molar-refractivity contribution in [3.8, 4) is 0 Å². The third-order valence-corrected chi connectivity index (χ3v) is 9.83. The molecule has 0 saturated carbocycles. The van der Waals surface area contributed by atoms with Gasteiger partial charge in [-0.15, -0.1) is 0 Å². The minimum atomic E-state index is -4.01. The monoisotopic (exact) mass is 538 g/mol. The van der Waals surface area contributed by atoms with E-state index in [4.69, 9.17) is 4.74 Å². The Balaban J connectivity index is 2.11. The Bertz CT molecular complexity index is 1270. The van der Waals surface area contributed by atoms with E-state index in [9.17, 15) is 21.6 Å². The molecule has 10 heteroatoms. The van der Waals surface area contributed by atoms with Crippen LogP contribution in [-0.4, -0.2) is 42.0 Å². The molecule has 2 aromatic rings. The van der Waals surface area contributed by atoms with Gasteiger partial charge in [-0.25, -0.2) is 21.6 Å². The lowest BCUT2D eigenvalue weighted by Gasteiger charge is -2.22. The fourth-order valence-corrected chi connectivity index (χ4v) is 6.96. The molecule has 2 N–H and O–H groups in total.